The molecule has 3 aromatic rings. The topological polar surface area (TPSA) is 84.0 Å². The molecule has 0 unspecified atom stereocenters. The van der Waals surface area contributed by atoms with Crippen molar-refractivity contribution < 1.29 is 22.8 Å². The molecule has 0 saturated carbocycles. The van der Waals surface area contributed by atoms with Crippen LogP contribution in [0, 0.1) is 0 Å². The number of aromatic nitrogens is 2. The molecule has 11 heteroatoms. The highest BCUT2D eigenvalue weighted by Crippen LogP contribution is 2.30. The molecular formula is C20H13Cl2F3N4O2. The minimum Gasteiger partial charge on any atom is -0.291 e. The summed E-state index contributed by atoms with van der Waals surface area (Å²) in [5.74, 6) is -0.773. The number of anilines is 1. The van der Waals surface area contributed by atoms with Crippen LogP contribution in [0.3, 0.4) is 0 Å². The average Bonchev–Trinajstić information content (AvgIpc) is 2.69. The lowest BCUT2D eigenvalue weighted by Gasteiger charge is -2.09. The van der Waals surface area contributed by atoms with Crippen molar-refractivity contribution in [2.24, 2.45) is 0 Å². The summed E-state index contributed by atoms with van der Waals surface area (Å²) in [4.78, 5) is 32.3. The van der Waals surface area contributed by atoms with Gasteiger partial charge in [0.25, 0.3) is 5.91 Å². The normalized spacial score (nSPS) is 11.1. The second-order valence-corrected chi connectivity index (χ2v) is 7.09. The van der Waals surface area contributed by atoms with Gasteiger partial charge in [-0.1, -0.05) is 47.5 Å². The Labute approximate surface area is 184 Å². The number of nitrogens with zero attached hydrogens (tertiary/aromatic N) is 2. The van der Waals surface area contributed by atoms with E-state index in [9.17, 15) is 22.8 Å². The maximum atomic E-state index is 12.8. The van der Waals surface area contributed by atoms with E-state index in [0.29, 0.717) is 11.3 Å². The highest BCUT2D eigenvalue weighted by Gasteiger charge is 2.30. The summed E-state index contributed by atoms with van der Waals surface area (Å²) in [5.41, 5.74) is -0.00582. The van der Waals surface area contributed by atoms with Crippen LogP contribution in [0.1, 0.15) is 27.2 Å². The van der Waals surface area contributed by atoms with E-state index in [1.165, 1.54) is 30.6 Å². The molecule has 0 saturated heterocycles. The van der Waals surface area contributed by atoms with Gasteiger partial charge in [-0.15, -0.1) is 0 Å². The standard InChI is InChI=1S/C20H13Cl2F3N4O2/c21-14-5-2-6-15(22)17(14)18(30)29-19(31)28-16-10-26-13(9-27-16)8-11-3-1-4-12(7-11)20(23,24)25/h1-7,9-10H,8H2,(H2,27,28,29,30,31). The Bertz CT molecular complexity index is 1100. The highest BCUT2D eigenvalue weighted by molar-refractivity contribution is 6.40. The Hall–Kier alpha value is -3.17. The summed E-state index contributed by atoms with van der Waals surface area (Å²) in [6, 6.07) is 8.45. The predicted molar refractivity (Wildman–Crippen MR) is 109 cm³/mol. The largest absolute Gasteiger partial charge is 0.416 e. The van der Waals surface area contributed by atoms with Crippen molar-refractivity contribution in [3.05, 3.63) is 87.3 Å². The van der Waals surface area contributed by atoms with Crippen molar-refractivity contribution in [2.75, 3.05) is 5.32 Å². The highest BCUT2D eigenvalue weighted by atomic mass is 35.5. The first-order valence-electron chi connectivity index (χ1n) is 8.67. The zero-order chi connectivity index (χ0) is 22.6. The van der Waals surface area contributed by atoms with Gasteiger partial charge in [-0.05, 0) is 23.8 Å². The number of hydrogen-bond donors (Lipinski definition) is 2. The number of urea groups is 1. The molecule has 2 aromatic carbocycles. The van der Waals surface area contributed by atoms with Gasteiger partial charge >= 0.3 is 12.2 Å². The lowest BCUT2D eigenvalue weighted by atomic mass is 10.1. The van der Waals surface area contributed by atoms with Gasteiger partial charge in [0.05, 0.1) is 39.3 Å². The van der Waals surface area contributed by atoms with Crippen molar-refractivity contribution in [1.29, 1.82) is 0 Å². The molecule has 1 aromatic heterocycles. The molecule has 1 heterocycles. The molecule has 31 heavy (non-hydrogen) atoms. The number of nitrogens with one attached hydrogen (secondary N) is 2. The number of carbonyl (C=O) groups excluding carboxylic acids is 2. The van der Waals surface area contributed by atoms with Crippen molar-refractivity contribution >= 4 is 41.0 Å². The number of rotatable bonds is 4. The van der Waals surface area contributed by atoms with Gasteiger partial charge in [-0.3, -0.25) is 20.4 Å². The molecule has 0 radical (unpaired) electrons. The van der Waals surface area contributed by atoms with Crippen LogP contribution < -0.4 is 10.6 Å². The number of benzene rings is 2. The summed E-state index contributed by atoms with van der Waals surface area (Å²) in [6.07, 6.45) is -1.79. The number of hydrogen-bond acceptors (Lipinski definition) is 4. The Morgan fingerprint density at radius 3 is 2.26 bits per heavy atom. The summed E-state index contributed by atoms with van der Waals surface area (Å²) in [7, 11) is 0. The molecule has 160 valence electrons. The number of amides is 3. The van der Waals surface area contributed by atoms with E-state index in [4.69, 9.17) is 23.2 Å². The number of carbonyl (C=O) groups is 2. The van der Waals surface area contributed by atoms with Gasteiger partial charge in [-0.25, -0.2) is 9.78 Å². The van der Waals surface area contributed by atoms with Crippen molar-refractivity contribution in [3.63, 3.8) is 0 Å². The van der Waals surface area contributed by atoms with Crippen LogP contribution in [0.15, 0.2) is 54.9 Å². The zero-order valence-corrected chi connectivity index (χ0v) is 17.0. The Morgan fingerprint density at radius 2 is 1.65 bits per heavy atom. The van der Waals surface area contributed by atoms with Crippen LogP contribution in [0.25, 0.3) is 0 Å². The van der Waals surface area contributed by atoms with Crippen LogP contribution >= 0.6 is 23.2 Å². The van der Waals surface area contributed by atoms with Gasteiger partial charge in [0.2, 0.25) is 0 Å². The lowest BCUT2D eigenvalue weighted by Crippen LogP contribution is -2.35. The molecule has 0 aliphatic rings. The Balaban J connectivity index is 1.62. The van der Waals surface area contributed by atoms with E-state index in [1.807, 2.05) is 0 Å². The minimum absolute atomic E-state index is 0.0309. The third kappa shape index (κ3) is 5.93. The third-order valence-corrected chi connectivity index (χ3v) is 4.63. The number of halogens is 5. The SMILES string of the molecule is O=C(NC(=O)c1c(Cl)cccc1Cl)Nc1cnc(Cc2cccc(C(F)(F)F)c2)cn1. The Morgan fingerprint density at radius 1 is 0.968 bits per heavy atom. The fourth-order valence-corrected chi connectivity index (χ4v) is 3.17. The number of alkyl halides is 3. The fraction of sp³-hybridized carbons (Fsp3) is 0.100. The monoisotopic (exact) mass is 468 g/mol. The van der Waals surface area contributed by atoms with Crippen molar-refractivity contribution in [1.82, 2.24) is 15.3 Å². The molecule has 0 bridgehead atoms. The molecule has 0 spiro atoms. The molecule has 2 N–H and O–H groups in total. The zero-order valence-electron chi connectivity index (χ0n) is 15.5. The van der Waals surface area contributed by atoms with E-state index < -0.39 is 23.7 Å². The van der Waals surface area contributed by atoms with Gasteiger partial charge in [0.1, 0.15) is 0 Å². The van der Waals surface area contributed by atoms with Gasteiger partial charge in [0.15, 0.2) is 5.82 Å². The summed E-state index contributed by atoms with van der Waals surface area (Å²) < 4.78 is 38.4. The minimum atomic E-state index is -4.44. The maximum Gasteiger partial charge on any atom is 0.416 e. The second-order valence-electron chi connectivity index (χ2n) is 6.27. The molecule has 0 aliphatic carbocycles. The van der Waals surface area contributed by atoms with Crippen LogP contribution in [0.5, 0.6) is 0 Å². The third-order valence-electron chi connectivity index (χ3n) is 4.00. The first-order valence-corrected chi connectivity index (χ1v) is 9.42. The smallest absolute Gasteiger partial charge is 0.291 e. The maximum absolute atomic E-state index is 12.8. The molecule has 0 aliphatic heterocycles. The van der Waals surface area contributed by atoms with Gasteiger partial charge < -0.3 is 0 Å². The van der Waals surface area contributed by atoms with Crippen molar-refractivity contribution in [2.45, 2.75) is 12.6 Å². The van der Waals surface area contributed by atoms with Crippen molar-refractivity contribution in [3.8, 4) is 0 Å². The van der Waals surface area contributed by atoms with E-state index in [-0.39, 0.29) is 27.8 Å². The molecule has 3 amide bonds. The van der Waals surface area contributed by atoms with E-state index in [1.54, 1.807) is 12.1 Å². The van der Waals surface area contributed by atoms with E-state index in [0.717, 1.165) is 12.1 Å². The van der Waals surface area contributed by atoms with Crippen LogP contribution in [-0.2, 0) is 12.6 Å². The van der Waals surface area contributed by atoms with E-state index >= 15 is 0 Å². The summed E-state index contributed by atoms with van der Waals surface area (Å²) >= 11 is 11.8. The van der Waals surface area contributed by atoms with Gasteiger partial charge in [0, 0.05) is 6.42 Å². The number of imide groups is 1. The molecule has 3 rings (SSSR count). The van der Waals surface area contributed by atoms with Crippen LogP contribution in [0.2, 0.25) is 10.0 Å². The lowest BCUT2D eigenvalue weighted by molar-refractivity contribution is -0.137. The molecule has 6 nitrogen and oxygen atoms in total. The molecule has 0 atom stereocenters. The summed E-state index contributed by atoms with van der Waals surface area (Å²) in [6.45, 7) is 0. The Kier molecular flexibility index (Phi) is 6.77. The molecular weight excluding hydrogens is 456 g/mol. The predicted octanol–water partition coefficient (Wildman–Crippen LogP) is 5.35. The fourth-order valence-electron chi connectivity index (χ4n) is 2.61. The summed E-state index contributed by atoms with van der Waals surface area (Å²) in [5, 5.41) is 4.55. The van der Waals surface area contributed by atoms with E-state index in [2.05, 4.69) is 20.6 Å². The second kappa shape index (κ2) is 9.32. The average molecular weight is 469 g/mol. The molecule has 0 fully saturated rings. The first kappa shape index (κ1) is 22.5. The van der Waals surface area contributed by atoms with Crippen LogP contribution in [0.4, 0.5) is 23.8 Å². The first-order chi connectivity index (χ1) is 14.6. The quantitative estimate of drug-likeness (QED) is 0.540. The van der Waals surface area contributed by atoms with Gasteiger partial charge in [-0.2, -0.15) is 13.2 Å². The van der Waals surface area contributed by atoms with Crippen LogP contribution in [-0.4, -0.2) is 21.9 Å².